The molecule has 2 aromatic rings. The summed E-state index contributed by atoms with van der Waals surface area (Å²) in [6.45, 7) is 8.28. The zero-order valence-corrected chi connectivity index (χ0v) is 20.1. The number of pyridine rings is 1. The molecule has 0 aliphatic carbocycles. The largest absolute Gasteiger partial charge is 0.385 e. The summed E-state index contributed by atoms with van der Waals surface area (Å²) in [7, 11) is 1.64. The number of hydrogen-bond donors (Lipinski definition) is 2. The smallest absolute Gasteiger partial charge is 0.247 e. The van der Waals surface area contributed by atoms with Crippen LogP contribution in [0.15, 0.2) is 48.8 Å². The molecule has 3 rings (SSSR count). The van der Waals surface area contributed by atoms with Gasteiger partial charge in [0.05, 0.1) is 6.04 Å². The number of aromatic nitrogens is 1. The van der Waals surface area contributed by atoms with Crippen LogP contribution in [0.5, 0.6) is 0 Å². The molecule has 0 spiro atoms. The Bertz CT molecular complexity index is 903. The molecule has 0 saturated carbocycles. The molecule has 33 heavy (non-hydrogen) atoms. The van der Waals surface area contributed by atoms with Gasteiger partial charge in [-0.1, -0.05) is 39.0 Å². The number of ether oxygens (including phenoxy) is 1. The first-order valence-corrected chi connectivity index (χ1v) is 11.7. The highest BCUT2D eigenvalue weighted by Gasteiger charge is 2.37. The number of rotatable bonds is 9. The number of anilines is 1. The molecule has 0 bridgehead atoms. The number of carbonyl (C=O) groups excluding carboxylic acids is 2. The number of hydrogen-bond acceptors (Lipinski definition) is 5. The lowest BCUT2D eigenvalue weighted by Gasteiger charge is -2.33. The summed E-state index contributed by atoms with van der Waals surface area (Å²) in [6, 6.07) is 10.5. The van der Waals surface area contributed by atoms with Gasteiger partial charge in [-0.3, -0.25) is 19.5 Å². The van der Waals surface area contributed by atoms with Crippen molar-refractivity contribution in [2.24, 2.45) is 0 Å². The van der Waals surface area contributed by atoms with Crippen LogP contribution in [0.25, 0.3) is 0 Å². The quantitative estimate of drug-likeness (QED) is 0.570. The highest BCUT2D eigenvalue weighted by Crippen LogP contribution is 2.32. The van der Waals surface area contributed by atoms with E-state index in [0.29, 0.717) is 30.8 Å². The van der Waals surface area contributed by atoms with Crippen LogP contribution < -0.4 is 15.5 Å². The van der Waals surface area contributed by atoms with Gasteiger partial charge in [0.1, 0.15) is 6.04 Å². The van der Waals surface area contributed by atoms with E-state index in [1.807, 2.05) is 30.3 Å². The third-order valence-corrected chi connectivity index (χ3v) is 5.94. The van der Waals surface area contributed by atoms with E-state index in [2.05, 4.69) is 36.4 Å². The summed E-state index contributed by atoms with van der Waals surface area (Å²) in [5.41, 5.74) is 2.53. The average molecular weight is 453 g/mol. The summed E-state index contributed by atoms with van der Waals surface area (Å²) in [5, 5.41) is 6.28. The van der Waals surface area contributed by atoms with Crippen LogP contribution in [-0.4, -0.2) is 49.6 Å². The molecule has 1 aliphatic heterocycles. The van der Waals surface area contributed by atoms with Crippen molar-refractivity contribution < 1.29 is 14.3 Å². The molecule has 2 N–H and O–H groups in total. The van der Waals surface area contributed by atoms with Gasteiger partial charge in [-0.05, 0) is 55.0 Å². The first-order chi connectivity index (χ1) is 15.8. The molecule has 1 aromatic heterocycles. The predicted octanol–water partition coefficient (Wildman–Crippen LogP) is 3.36. The second kappa shape index (κ2) is 11.4. The highest BCUT2D eigenvalue weighted by atomic mass is 16.5. The zero-order chi connectivity index (χ0) is 23.8. The monoisotopic (exact) mass is 452 g/mol. The predicted molar refractivity (Wildman–Crippen MR) is 130 cm³/mol. The lowest BCUT2D eigenvalue weighted by Crippen LogP contribution is -2.50. The number of nitrogens with zero attached hydrogens (tertiary/aromatic N) is 2. The lowest BCUT2D eigenvalue weighted by molar-refractivity contribution is -0.127. The molecule has 1 unspecified atom stereocenters. The van der Waals surface area contributed by atoms with Gasteiger partial charge < -0.3 is 15.4 Å². The van der Waals surface area contributed by atoms with Crippen LogP contribution in [-0.2, 0) is 19.7 Å². The molecule has 2 heterocycles. The van der Waals surface area contributed by atoms with Gasteiger partial charge >= 0.3 is 0 Å². The number of amides is 2. The maximum absolute atomic E-state index is 13.8. The van der Waals surface area contributed by atoms with Crippen molar-refractivity contribution in [2.45, 2.75) is 57.5 Å². The summed E-state index contributed by atoms with van der Waals surface area (Å²) in [4.78, 5) is 33.1. The van der Waals surface area contributed by atoms with Gasteiger partial charge in [0.15, 0.2) is 0 Å². The van der Waals surface area contributed by atoms with E-state index < -0.39 is 6.04 Å². The first kappa shape index (κ1) is 24.9. The maximum Gasteiger partial charge on any atom is 0.247 e. The summed E-state index contributed by atoms with van der Waals surface area (Å²) < 4.78 is 5.10. The summed E-state index contributed by atoms with van der Waals surface area (Å²) >= 11 is 0. The Hall–Kier alpha value is -2.77. The molecule has 0 radical (unpaired) electrons. The minimum absolute atomic E-state index is 0.0121. The molecule has 1 aromatic carbocycles. The van der Waals surface area contributed by atoms with Crippen molar-refractivity contribution in [2.75, 3.05) is 31.7 Å². The van der Waals surface area contributed by atoms with Crippen LogP contribution in [0.2, 0.25) is 0 Å². The van der Waals surface area contributed by atoms with Crippen molar-refractivity contribution in [3.63, 3.8) is 0 Å². The molecule has 1 fully saturated rings. The molecule has 7 heteroatoms. The Balaban J connectivity index is 2.01. The lowest BCUT2D eigenvalue weighted by atomic mass is 9.87. The first-order valence-electron chi connectivity index (χ1n) is 11.7. The summed E-state index contributed by atoms with van der Waals surface area (Å²) in [6.07, 6.45) is 5.71. The van der Waals surface area contributed by atoms with Crippen LogP contribution >= 0.6 is 0 Å². The number of benzene rings is 1. The number of carbonyl (C=O) groups is 2. The Morgan fingerprint density at radius 1 is 1.24 bits per heavy atom. The van der Waals surface area contributed by atoms with Gasteiger partial charge in [-0.2, -0.15) is 0 Å². The maximum atomic E-state index is 13.8. The van der Waals surface area contributed by atoms with E-state index in [-0.39, 0.29) is 23.3 Å². The van der Waals surface area contributed by atoms with Gasteiger partial charge in [0.2, 0.25) is 11.8 Å². The normalized spacial score (nSPS) is 16.9. The highest BCUT2D eigenvalue weighted by molar-refractivity contribution is 6.03. The second-order valence-corrected chi connectivity index (χ2v) is 9.48. The van der Waals surface area contributed by atoms with E-state index >= 15 is 0 Å². The number of methoxy groups -OCH3 is 1. The van der Waals surface area contributed by atoms with Crippen LogP contribution in [0.3, 0.4) is 0 Å². The van der Waals surface area contributed by atoms with Gasteiger partial charge in [-0.25, -0.2) is 0 Å². The summed E-state index contributed by atoms with van der Waals surface area (Å²) in [5.74, 6) is -0.331. The number of nitrogens with one attached hydrogen (secondary N) is 2. The third-order valence-electron chi connectivity index (χ3n) is 5.94. The molecule has 7 nitrogen and oxygen atoms in total. The van der Waals surface area contributed by atoms with Gasteiger partial charge in [0, 0.05) is 43.9 Å². The van der Waals surface area contributed by atoms with Crippen molar-refractivity contribution >= 4 is 17.5 Å². The molecule has 2 atom stereocenters. The zero-order valence-electron chi connectivity index (χ0n) is 20.1. The van der Waals surface area contributed by atoms with E-state index in [9.17, 15) is 9.59 Å². The molecule has 2 amide bonds. The van der Waals surface area contributed by atoms with Crippen LogP contribution in [0.1, 0.15) is 57.2 Å². The minimum atomic E-state index is -0.823. The fourth-order valence-corrected chi connectivity index (χ4v) is 4.07. The molecule has 178 valence electrons. The van der Waals surface area contributed by atoms with E-state index in [4.69, 9.17) is 4.74 Å². The van der Waals surface area contributed by atoms with E-state index in [1.54, 1.807) is 30.5 Å². The third kappa shape index (κ3) is 6.39. The Labute approximate surface area is 196 Å². The topological polar surface area (TPSA) is 83.6 Å². The Morgan fingerprint density at radius 3 is 2.58 bits per heavy atom. The van der Waals surface area contributed by atoms with E-state index in [0.717, 1.165) is 19.4 Å². The minimum Gasteiger partial charge on any atom is -0.385 e. The molecular formula is C26H36N4O3. The molecule has 1 saturated heterocycles. The SMILES string of the molecule is COCCCNC(=O)C(c1cccnc1)N(C(=O)[C@H]1CCCN1)c1ccc(C(C)(C)C)cc1. The average Bonchev–Trinajstić information content (AvgIpc) is 3.35. The Kier molecular flexibility index (Phi) is 8.58. The van der Waals surface area contributed by atoms with Crippen molar-refractivity contribution in [1.82, 2.24) is 15.6 Å². The van der Waals surface area contributed by atoms with Crippen molar-refractivity contribution in [1.29, 1.82) is 0 Å². The standard InChI is InChI=1S/C26H36N4O3/c1-26(2,3)20-10-12-21(13-11-20)30(25(32)22-9-6-15-28-22)23(19-8-5-14-27-18-19)24(31)29-16-7-17-33-4/h5,8,10-14,18,22-23,28H,6-7,9,15-17H2,1-4H3,(H,29,31)/t22-,23?/m1/s1. The second-order valence-electron chi connectivity index (χ2n) is 9.48. The van der Waals surface area contributed by atoms with E-state index in [1.165, 1.54) is 5.56 Å². The van der Waals surface area contributed by atoms with Crippen LogP contribution in [0, 0.1) is 0 Å². The molecular weight excluding hydrogens is 416 g/mol. The fraction of sp³-hybridized carbons (Fsp3) is 0.500. The van der Waals surface area contributed by atoms with Crippen molar-refractivity contribution in [3.8, 4) is 0 Å². The molecule has 1 aliphatic rings. The van der Waals surface area contributed by atoms with Gasteiger partial charge in [-0.15, -0.1) is 0 Å². The fourth-order valence-electron chi connectivity index (χ4n) is 4.07. The van der Waals surface area contributed by atoms with Crippen LogP contribution in [0.4, 0.5) is 5.69 Å². The van der Waals surface area contributed by atoms with Crippen molar-refractivity contribution in [3.05, 3.63) is 59.9 Å². The Morgan fingerprint density at radius 2 is 2.00 bits per heavy atom. The van der Waals surface area contributed by atoms with Gasteiger partial charge in [0.25, 0.3) is 0 Å².